The molecule has 0 fully saturated rings. The Morgan fingerprint density at radius 2 is 0.473 bits per heavy atom. The molecule has 0 amide bonds. The lowest BCUT2D eigenvalue weighted by Crippen LogP contribution is -2.02. The highest BCUT2D eigenvalue weighted by Gasteiger charge is 2.28. The van der Waals surface area contributed by atoms with E-state index in [1.165, 1.54) is 82.1 Å². The summed E-state index contributed by atoms with van der Waals surface area (Å²) >= 11 is 0. The van der Waals surface area contributed by atoms with Crippen molar-refractivity contribution >= 4 is 131 Å². The van der Waals surface area contributed by atoms with Crippen LogP contribution in [0.15, 0.2) is 540 Å². The van der Waals surface area contributed by atoms with Crippen molar-refractivity contribution in [3.8, 4) is 135 Å². The second kappa shape index (κ2) is 37.1. The number of pyridine rings is 5. The van der Waals surface area contributed by atoms with Gasteiger partial charge in [-0.05, 0) is 179 Å². The van der Waals surface area contributed by atoms with Gasteiger partial charge in [0.25, 0.3) is 0 Å². The van der Waals surface area contributed by atoms with Gasteiger partial charge in [-0.2, -0.15) is 0 Å². The summed E-state index contributed by atoms with van der Waals surface area (Å²) in [6, 6.07) is 182. The van der Waals surface area contributed by atoms with Crippen molar-refractivity contribution in [2.75, 3.05) is 0 Å². The van der Waals surface area contributed by atoms with Gasteiger partial charge in [-0.15, -0.1) is 0 Å². The van der Waals surface area contributed by atoms with Crippen molar-refractivity contribution in [1.82, 2.24) is 62.3 Å². The van der Waals surface area contributed by atoms with Gasteiger partial charge in [-0.25, -0.2) is 19.9 Å². The summed E-state index contributed by atoms with van der Waals surface area (Å²) in [5.74, 6) is 1.55. The second-order valence-corrected chi connectivity index (χ2v) is 37.8. The predicted octanol–water partition coefficient (Wildman–Crippen LogP) is 34.4. The minimum atomic E-state index is 0.691. The van der Waals surface area contributed by atoms with Crippen LogP contribution in [0.2, 0.25) is 0 Å². The van der Waals surface area contributed by atoms with Crippen LogP contribution in [0.5, 0.6) is 0 Å². The van der Waals surface area contributed by atoms with Crippen molar-refractivity contribution in [3.05, 3.63) is 540 Å². The Labute approximate surface area is 863 Å². The van der Waals surface area contributed by atoms with Crippen LogP contribution in [0.25, 0.3) is 266 Å². The molecule has 12 heterocycles. The Kier molecular flexibility index (Phi) is 21.6. The van der Waals surface area contributed by atoms with Crippen molar-refractivity contribution < 1.29 is 0 Å². The molecule has 0 saturated heterocycles. The molecule has 0 saturated carbocycles. The first-order valence-corrected chi connectivity index (χ1v) is 50.6. The van der Waals surface area contributed by atoms with E-state index in [-0.39, 0.29) is 0 Å². The molecule has 0 aliphatic rings. The molecule has 0 N–H and O–H groups in total. The molecule has 0 aliphatic carbocycles. The molecule has 0 aliphatic heterocycles. The van der Waals surface area contributed by atoms with Gasteiger partial charge in [-0.1, -0.05) is 364 Å². The second-order valence-electron chi connectivity index (χ2n) is 37.8. The molecule has 150 heavy (non-hydrogen) atoms. The molecule has 0 atom stereocenters. The Balaban J connectivity index is 0.000000108. The van der Waals surface area contributed by atoms with Gasteiger partial charge in [0.2, 0.25) is 0 Å². The smallest absolute Gasteiger partial charge is 0.159 e. The molecule has 13 nitrogen and oxygen atoms in total. The van der Waals surface area contributed by atoms with Crippen LogP contribution in [0.1, 0.15) is 0 Å². The number of rotatable bonds is 15. The summed E-state index contributed by atoms with van der Waals surface area (Å²) in [6.07, 6.45) is 7.61. The minimum Gasteiger partial charge on any atom is -0.309 e. The summed E-state index contributed by atoms with van der Waals surface area (Å²) in [6.45, 7) is 0. The van der Waals surface area contributed by atoms with Crippen LogP contribution in [-0.4, -0.2) is 62.3 Å². The number of benzene rings is 18. The Morgan fingerprint density at radius 1 is 0.160 bits per heavy atom. The van der Waals surface area contributed by atoms with Gasteiger partial charge in [0, 0.05) is 129 Å². The zero-order valence-electron chi connectivity index (χ0n) is 81.2. The molecule has 0 unspecified atom stereocenters. The number of fused-ring (bicyclic) bond motifs is 18. The first-order chi connectivity index (χ1) is 74.5. The molecular formula is C137H89N13. The van der Waals surface area contributed by atoms with Crippen LogP contribution in [0.3, 0.4) is 0 Å². The standard InChI is InChI=1S/2C46H30N4.C45H29N5/c1-4-14-31(15-5-1)34-29-40(32-16-6-2-7-17-32)48-44(30-34)50-42-26-25-33(28-39(42)45-43(50)24-13-27-47-45)36-21-12-22-38-37-20-10-11-23-41(37)49(46(36)38)35-18-8-3-9-19-35;1-4-14-31(15-5-1)40-29-35(30-41(48-40)32-16-6-2-7-17-32)49-43-26-25-33(28-39(43)45-44(49)24-13-27-47-45)36-21-12-22-38-37-20-10-11-23-42(37)50(46(36)38)34-18-8-3-9-19-34;1-4-14-30(15-5-1)42-41(29-47-45(48-42)31-16-6-2-7-17-31)50-39-26-25-32(28-37(39)43-40(50)24-13-27-46-43)34-21-12-22-36-35-20-10-11-23-38(35)49(44(34)36)33-18-8-3-9-19-33/h2*1-30H;1-29H. The van der Waals surface area contributed by atoms with Crippen LogP contribution in [0.4, 0.5) is 0 Å². The maximum absolute atomic E-state index is 5.29. The zero-order chi connectivity index (χ0) is 99.1. The number of para-hydroxylation sites is 9. The van der Waals surface area contributed by atoms with E-state index in [9.17, 15) is 0 Å². The lowest BCUT2D eigenvalue weighted by atomic mass is 10.0. The number of hydrogen-bond donors (Lipinski definition) is 0. The van der Waals surface area contributed by atoms with Crippen LogP contribution in [0, 0.1) is 0 Å². The lowest BCUT2D eigenvalue weighted by Gasteiger charge is -2.14. The maximum Gasteiger partial charge on any atom is 0.159 e. The summed E-state index contributed by atoms with van der Waals surface area (Å²) < 4.78 is 14.1. The average Bonchev–Trinajstić information content (AvgIpc) is 1.57. The van der Waals surface area contributed by atoms with E-state index in [0.29, 0.717) is 5.82 Å². The van der Waals surface area contributed by atoms with E-state index < -0.39 is 0 Å². The predicted molar refractivity (Wildman–Crippen MR) is 619 cm³/mol. The fraction of sp³-hybridized carbons (Fsp3) is 0. The highest BCUT2D eigenvalue weighted by Crippen LogP contribution is 2.48. The molecular weight excluding hydrogens is 1830 g/mol. The van der Waals surface area contributed by atoms with E-state index in [4.69, 9.17) is 34.9 Å². The molecule has 13 heteroatoms. The van der Waals surface area contributed by atoms with Gasteiger partial charge in [0.05, 0.1) is 123 Å². The van der Waals surface area contributed by atoms with E-state index in [2.05, 4.69) is 470 Å². The van der Waals surface area contributed by atoms with Gasteiger partial charge in [0.1, 0.15) is 5.82 Å². The maximum atomic E-state index is 5.29. The van der Waals surface area contributed by atoms with Gasteiger partial charge < -0.3 is 22.8 Å². The quantitative estimate of drug-likeness (QED) is 0.100. The summed E-state index contributed by atoms with van der Waals surface area (Å²) in [5.41, 5.74) is 39.8. The summed E-state index contributed by atoms with van der Waals surface area (Å²) in [4.78, 5) is 35.4. The third-order valence-electron chi connectivity index (χ3n) is 29.1. The van der Waals surface area contributed by atoms with Gasteiger partial charge in [-0.3, -0.25) is 19.5 Å². The number of nitrogens with zero attached hydrogens (tertiary/aromatic N) is 13. The summed E-state index contributed by atoms with van der Waals surface area (Å²) in [7, 11) is 0. The van der Waals surface area contributed by atoms with Crippen LogP contribution >= 0.6 is 0 Å². The SMILES string of the molecule is c1ccc(-c2cc(-c3ccccc3)nc(-n3c4ccc(-c5cccc6c7ccccc7n(-c7ccccc7)c56)cc4c4ncccc43)c2)cc1.c1ccc(-c2cc(-n3c4ccc(-c5cccc6c7ccccc7n(-c7ccccc7)c56)cc4c4ncccc43)cc(-c3ccccc3)n2)cc1.c1ccc(-c2ncc(-n3c4ccc(-c5cccc6c7ccccc7n(-c7ccccc7)c56)cc4c4ncccc43)c(-c3ccccc3)n2)cc1. The lowest BCUT2D eigenvalue weighted by molar-refractivity contribution is 1.08. The molecule has 30 aromatic rings. The summed E-state index contributed by atoms with van der Waals surface area (Å²) in [5, 5.41) is 10.7. The fourth-order valence-corrected chi connectivity index (χ4v) is 22.5. The first kappa shape index (κ1) is 87.4. The van der Waals surface area contributed by atoms with E-state index >= 15 is 0 Å². The van der Waals surface area contributed by atoms with E-state index in [1.807, 2.05) is 97.6 Å². The topological polar surface area (TPSA) is 120 Å². The average molecular weight is 1920 g/mol. The van der Waals surface area contributed by atoms with Crippen LogP contribution in [-0.2, 0) is 0 Å². The Hall–Kier alpha value is -20.4. The molecule has 0 spiro atoms. The van der Waals surface area contributed by atoms with Crippen molar-refractivity contribution in [2.24, 2.45) is 0 Å². The van der Waals surface area contributed by atoms with Crippen molar-refractivity contribution in [3.63, 3.8) is 0 Å². The minimum absolute atomic E-state index is 0.691. The highest BCUT2D eigenvalue weighted by molar-refractivity contribution is 6.20. The monoisotopic (exact) mass is 1920 g/mol. The third-order valence-corrected chi connectivity index (χ3v) is 29.1. The number of hydrogen-bond acceptors (Lipinski definition) is 7. The molecule has 30 rings (SSSR count). The largest absolute Gasteiger partial charge is 0.309 e. The zero-order valence-corrected chi connectivity index (χ0v) is 81.2. The highest BCUT2D eigenvalue weighted by atomic mass is 15.1. The van der Waals surface area contributed by atoms with E-state index in [1.54, 1.807) is 0 Å². The normalized spacial score (nSPS) is 11.6. The first-order valence-electron chi connectivity index (χ1n) is 50.6. The van der Waals surface area contributed by atoms with Crippen molar-refractivity contribution in [1.29, 1.82) is 0 Å². The van der Waals surface area contributed by atoms with Gasteiger partial charge in [0.15, 0.2) is 5.82 Å². The number of aromatic nitrogens is 13. The Bertz CT molecular complexity index is 9930. The molecule has 0 bridgehead atoms. The van der Waals surface area contributed by atoms with E-state index in [0.717, 1.165) is 178 Å². The molecule has 12 aromatic heterocycles. The van der Waals surface area contributed by atoms with Gasteiger partial charge >= 0.3 is 0 Å². The van der Waals surface area contributed by atoms with Crippen LogP contribution < -0.4 is 0 Å². The molecule has 18 aromatic carbocycles. The molecule has 702 valence electrons. The van der Waals surface area contributed by atoms with Crippen molar-refractivity contribution in [2.45, 2.75) is 0 Å². The molecule has 0 radical (unpaired) electrons. The Morgan fingerprint density at radius 3 is 0.880 bits per heavy atom. The third kappa shape index (κ3) is 15.1. The fourth-order valence-electron chi connectivity index (χ4n) is 22.5.